The summed E-state index contributed by atoms with van der Waals surface area (Å²) in [6, 6.07) is 15.6. The van der Waals surface area contributed by atoms with Gasteiger partial charge in [0.2, 0.25) is 5.13 Å². The summed E-state index contributed by atoms with van der Waals surface area (Å²) < 4.78 is 0.621. The van der Waals surface area contributed by atoms with Gasteiger partial charge >= 0.3 is 0 Å². The molecule has 0 aliphatic rings. The lowest BCUT2D eigenvalue weighted by Crippen LogP contribution is -2.11. The van der Waals surface area contributed by atoms with Gasteiger partial charge in [-0.2, -0.15) is 0 Å². The van der Waals surface area contributed by atoms with E-state index >= 15 is 0 Å². The van der Waals surface area contributed by atoms with Gasteiger partial charge in [0, 0.05) is 16.1 Å². The zero-order valence-electron chi connectivity index (χ0n) is 12.8. The molecular formula is C17H12ClN3O2S2. The lowest BCUT2D eigenvalue weighted by molar-refractivity contribution is 0.101. The van der Waals surface area contributed by atoms with E-state index in [4.69, 9.17) is 11.6 Å². The maximum Gasteiger partial charge on any atom is 0.257 e. The topological polar surface area (TPSA) is 72.0 Å². The monoisotopic (exact) mass is 389 g/mol. The van der Waals surface area contributed by atoms with Crippen LogP contribution in [0.25, 0.3) is 0 Å². The number of anilines is 1. The van der Waals surface area contributed by atoms with Crippen molar-refractivity contribution in [2.24, 2.45) is 0 Å². The number of thioether (sulfide) groups is 1. The Labute approximate surface area is 157 Å². The molecule has 1 N–H and O–H groups in total. The minimum Gasteiger partial charge on any atom is -0.296 e. The number of nitrogens with one attached hydrogen (secondary N) is 1. The zero-order chi connectivity index (χ0) is 17.6. The van der Waals surface area contributed by atoms with Crippen molar-refractivity contribution in [1.82, 2.24) is 10.2 Å². The molecule has 25 heavy (non-hydrogen) atoms. The van der Waals surface area contributed by atoms with Crippen LogP contribution in [0.3, 0.4) is 0 Å². The normalized spacial score (nSPS) is 10.4. The van der Waals surface area contributed by atoms with Crippen molar-refractivity contribution in [1.29, 1.82) is 0 Å². The summed E-state index contributed by atoms with van der Waals surface area (Å²) >= 11 is 8.32. The van der Waals surface area contributed by atoms with Crippen LogP contribution >= 0.6 is 34.7 Å². The van der Waals surface area contributed by atoms with Crippen LogP contribution in [-0.2, 0) is 0 Å². The number of carbonyl (C=O) groups is 2. The molecular weight excluding hydrogens is 378 g/mol. The lowest BCUT2D eigenvalue weighted by Gasteiger charge is -2.00. The third kappa shape index (κ3) is 4.88. The van der Waals surface area contributed by atoms with Gasteiger partial charge in [-0.1, -0.05) is 65.0 Å². The van der Waals surface area contributed by atoms with E-state index in [-0.39, 0.29) is 17.4 Å². The van der Waals surface area contributed by atoms with Gasteiger partial charge in [-0.3, -0.25) is 14.9 Å². The number of nitrogens with zero attached hydrogens (tertiary/aromatic N) is 2. The molecule has 0 aliphatic carbocycles. The smallest absolute Gasteiger partial charge is 0.257 e. The van der Waals surface area contributed by atoms with Crippen LogP contribution in [-0.4, -0.2) is 27.6 Å². The van der Waals surface area contributed by atoms with Crippen molar-refractivity contribution >= 4 is 51.5 Å². The number of benzene rings is 2. The number of rotatable bonds is 6. The van der Waals surface area contributed by atoms with Crippen molar-refractivity contribution in [3.63, 3.8) is 0 Å². The first-order valence-corrected chi connectivity index (χ1v) is 9.41. The molecule has 5 nitrogen and oxygen atoms in total. The van der Waals surface area contributed by atoms with Crippen LogP contribution in [0.2, 0.25) is 5.02 Å². The first kappa shape index (κ1) is 17.6. The molecule has 0 aliphatic heterocycles. The largest absolute Gasteiger partial charge is 0.296 e. The van der Waals surface area contributed by atoms with Gasteiger partial charge in [0.1, 0.15) is 0 Å². The SMILES string of the molecule is O=C(CSc1nnc(NC(=O)c2ccc(Cl)cc2)s1)c1ccccc1. The van der Waals surface area contributed by atoms with Gasteiger partial charge in [0.05, 0.1) is 5.75 Å². The molecule has 3 rings (SSSR count). The van der Waals surface area contributed by atoms with E-state index in [0.29, 0.717) is 25.6 Å². The second-order valence-electron chi connectivity index (χ2n) is 4.91. The average Bonchev–Trinajstić information content (AvgIpc) is 3.08. The molecule has 0 saturated carbocycles. The highest BCUT2D eigenvalue weighted by Gasteiger charge is 2.12. The zero-order valence-corrected chi connectivity index (χ0v) is 15.2. The molecule has 1 amide bonds. The predicted molar refractivity (Wildman–Crippen MR) is 101 cm³/mol. The number of aromatic nitrogens is 2. The van der Waals surface area contributed by atoms with Gasteiger partial charge in [-0.25, -0.2) is 0 Å². The Bertz CT molecular complexity index is 882. The number of carbonyl (C=O) groups excluding carboxylic acids is 2. The van der Waals surface area contributed by atoms with E-state index in [1.165, 1.54) is 23.1 Å². The fraction of sp³-hybridized carbons (Fsp3) is 0.0588. The molecule has 0 radical (unpaired) electrons. The summed E-state index contributed by atoms with van der Waals surface area (Å²) in [5.74, 6) is 0.00123. The van der Waals surface area contributed by atoms with E-state index in [2.05, 4.69) is 15.5 Å². The lowest BCUT2D eigenvalue weighted by atomic mass is 10.2. The summed E-state index contributed by atoms with van der Waals surface area (Å²) in [5.41, 5.74) is 1.14. The molecule has 1 heterocycles. The Hall–Kier alpha value is -2.22. The standard InChI is InChI=1S/C17H12ClN3O2S2/c18-13-8-6-12(7-9-13)15(23)19-16-20-21-17(25-16)24-10-14(22)11-4-2-1-3-5-11/h1-9H,10H2,(H,19,20,23). The third-order valence-electron chi connectivity index (χ3n) is 3.16. The van der Waals surface area contributed by atoms with Gasteiger partial charge in [-0.15, -0.1) is 10.2 Å². The molecule has 0 unspecified atom stereocenters. The summed E-state index contributed by atoms with van der Waals surface area (Å²) in [6.07, 6.45) is 0. The summed E-state index contributed by atoms with van der Waals surface area (Å²) in [4.78, 5) is 24.2. The molecule has 0 spiro atoms. The minimum atomic E-state index is -0.287. The Kier molecular flexibility index (Phi) is 5.80. The minimum absolute atomic E-state index is 0.0209. The summed E-state index contributed by atoms with van der Waals surface area (Å²) in [7, 11) is 0. The molecule has 8 heteroatoms. The molecule has 2 aromatic carbocycles. The van der Waals surface area contributed by atoms with Gasteiger partial charge in [-0.05, 0) is 24.3 Å². The van der Waals surface area contributed by atoms with Gasteiger partial charge in [0.25, 0.3) is 5.91 Å². The highest BCUT2D eigenvalue weighted by Crippen LogP contribution is 2.26. The first-order chi connectivity index (χ1) is 12.1. The Morgan fingerprint density at radius 2 is 1.72 bits per heavy atom. The Balaban J connectivity index is 1.56. The number of Topliss-reactive ketones (excluding diaryl/α,β-unsaturated/α-hetero) is 1. The molecule has 3 aromatic rings. The maximum absolute atomic E-state index is 12.1. The van der Waals surface area contributed by atoms with E-state index in [1.54, 1.807) is 36.4 Å². The first-order valence-electron chi connectivity index (χ1n) is 7.23. The number of hydrogen-bond donors (Lipinski definition) is 1. The second kappa shape index (κ2) is 8.24. The van der Waals surface area contributed by atoms with E-state index in [9.17, 15) is 9.59 Å². The van der Waals surface area contributed by atoms with Crippen LogP contribution in [0.4, 0.5) is 5.13 Å². The quantitative estimate of drug-likeness (QED) is 0.384. The van der Waals surface area contributed by atoms with Gasteiger partial charge < -0.3 is 0 Å². The fourth-order valence-electron chi connectivity index (χ4n) is 1.92. The average molecular weight is 390 g/mol. The van der Waals surface area contributed by atoms with E-state index in [1.807, 2.05) is 18.2 Å². The molecule has 0 saturated heterocycles. The highest BCUT2D eigenvalue weighted by atomic mass is 35.5. The number of ketones is 1. The van der Waals surface area contributed by atoms with Crippen LogP contribution in [0.15, 0.2) is 58.9 Å². The van der Waals surface area contributed by atoms with Crippen LogP contribution in [0, 0.1) is 0 Å². The van der Waals surface area contributed by atoms with E-state index < -0.39 is 0 Å². The fourth-order valence-corrected chi connectivity index (χ4v) is 3.69. The molecule has 0 fully saturated rings. The third-order valence-corrected chi connectivity index (χ3v) is 5.38. The second-order valence-corrected chi connectivity index (χ2v) is 7.55. The number of hydrogen-bond acceptors (Lipinski definition) is 6. The predicted octanol–water partition coefficient (Wildman–Crippen LogP) is 4.42. The van der Waals surface area contributed by atoms with Crippen LogP contribution in [0.1, 0.15) is 20.7 Å². The number of halogens is 1. The van der Waals surface area contributed by atoms with E-state index in [0.717, 1.165) is 0 Å². The summed E-state index contributed by atoms with van der Waals surface area (Å²) in [5, 5.41) is 11.5. The van der Waals surface area contributed by atoms with Crippen molar-refractivity contribution in [3.8, 4) is 0 Å². The highest BCUT2D eigenvalue weighted by molar-refractivity contribution is 8.01. The summed E-state index contributed by atoms with van der Waals surface area (Å²) in [6.45, 7) is 0. The van der Waals surface area contributed by atoms with Crippen LogP contribution in [0.5, 0.6) is 0 Å². The Morgan fingerprint density at radius 1 is 1.00 bits per heavy atom. The van der Waals surface area contributed by atoms with Crippen molar-refractivity contribution < 1.29 is 9.59 Å². The molecule has 126 valence electrons. The van der Waals surface area contributed by atoms with Crippen molar-refractivity contribution in [2.45, 2.75) is 4.34 Å². The molecule has 0 bridgehead atoms. The van der Waals surface area contributed by atoms with Crippen molar-refractivity contribution in [2.75, 3.05) is 11.1 Å². The number of amides is 1. The van der Waals surface area contributed by atoms with Gasteiger partial charge in [0.15, 0.2) is 10.1 Å². The van der Waals surface area contributed by atoms with Crippen LogP contribution < -0.4 is 5.32 Å². The molecule has 1 aromatic heterocycles. The molecule has 0 atom stereocenters. The maximum atomic E-state index is 12.1. The Morgan fingerprint density at radius 3 is 2.44 bits per heavy atom. The van der Waals surface area contributed by atoms with Crippen molar-refractivity contribution in [3.05, 3.63) is 70.7 Å².